The van der Waals surface area contributed by atoms with Crippen molar-refractivity contribution in [3.8, 4) is 11.1 Å². The maximum absolute atomic E-state index is 15.3. The molecule has 3 rings (SSSR count). The van der Waals surface area contributed by atoms with Gasteiger partial charge in [-0.3, -0.25) is 4.79 Å². The lowest BCUT2D eigenvalue weighted by molar-refractivity contribution is -0.137. The fourth-order valence-corrected chi connectivity index (χ4v) is 3.51. The molecule has 3 nitrogen and oxygen atoms in total. The van der Waals surface area contributed by atoms with Crippen LogP contribution in [0, 0.1) is 31.3 Å². The number of halogens is 3. The van der Waals surface area contributed by atoms with Gasteiger partial charge in [0.2, 0.25) is 0 Å². The number of hydrogen-bond donors (Lipinski definition) is 2. The van der Waals surface area contributed by atoms with Gasteiger partial charge in [0.25, 0.3) is 0 Å². The minimum Gasteiger partial charge on any atom is -0.481 e. The van der Waals surface area contributed by atoms with Gasteiger partial charge in [-0.2, -0.15) is 0 Å². The van der Waals surface area contributed by atoms with Crippen LogP contribution in [0.25, 0.3) is 11.1 Å². The third kappa shape index (κ3) is 3.09. The highest BCUT2D eigenvalue weighted by Crippen LogP contribution is 2.48. The van der Waals surface area contributed by atoms with E-state index in [1.165, 1.54) is 19.1 Å². The summed E-state index contributed by atoms with van der Waals surface area (Å²) in [5.41, 5.74) is 6.84. The maximum Gasteiger partial charge on any atom is 0.305 e. The van der Waals surface area contributed by atoms with Crippen LogP contribution in [-0.4, -0.2) is 11.1 Å². The van der Waals surface area contributed by atoms with E-state index in [4.69, 9.17) is 10.8 Å². The normalized spacial score (nSPS) is 15.2. The van der Waals surface area contributed by atoms with Crippen molar-refractivity contribution in [1.82, 2.24) is 0 Å². The summed E-state index contributed by atoms with van der Waals surface area (Å²) in [4.78, 5) is 11.0. The molecule has 1 saturated carbocycles. The molecule has 1 atom stereocenters. The van der Waals surface area contributed by atoms with Crippen LogP contribution >= 0.6 is 0 Å². The van der Waals surface area contributed by atoms with Gasteiger partial charge in [0.15, 0.2) is 0 Å². The number of rotatable bonds is 5. The standard InChI is InChI=1S/C20H20F3NO2/c1-9-12(4-3-5-13(9)21)17-10(2)16(11-6-7-11)19(22)18(20(17)23)14(24)8-15(25)26/h3-5,11,14H,6-8,24H2,1-2H3,(H,25,26)/t14-/m0/s1. The summed E-state index contributed by atoms with van der Waals surface area (Å²) in [5, 5.41) is 8.96. The predicted molar refractivity (Wildman–Crippen MR) is 92.4 cm³/mol. The van der Waals surface area contributed by atoms with E-state index in [-0.39, 0.29) is 17.0 Å². The minimum absolute atomic E-state index is 0.0426. The second-order valence-electron chi connectivity index (χ2n) is 6.85. The Labute approximate surface area is 149 Å². The quantitative estimate of drug-likeness (QED) is 0.806. The molecular weight excluding hydrogens is 343 g/mol. The van der Waals surface area contributed by atoms with Crippen molar-refractivity contribution in [1.29, 1.82) is 0 Å². The number of benzene rings is 2. The van der Waals surface area contributed by atoms with Crippen molar-refractivity contribution in [2.45, 2.75) is 45.1 Å². The minimum atomic E-state index is -1.32. The highest BCUT2D eigenvalue weighted by molar-refractivity contribution is 5.75. The summed E-state index contributed by atoms with van der Waals surface area (Å²) in [5.74, 6) is -3.46. The van der Waals surface area contributed by atoms with Crippen molar-refractivity contribution >= 4 is 5.97 Å². The lowest BCUT2D eigenvalue weighted by Gasteiger charge is -2.22. The molecule has 6 heteroatoms. The molecule has 1 aliphatic carbocycles. The first-order chi connectivity index (χ1) is 12.2. The number of carbonyl (C=O) groups is 1. The van der Waals surface area contributed by atoms with E-state index in [0.29, 0.717) is 16.7 Å². The number of nitrogens with two attached hydrogens (primary N) is 1. The summed E-state index contributed by atoms with van der Waals surface area (Å²) in [6.07, 6.45) is 0.958. The molecule has 2 aromatic carbocycles. The second kappa shape index (κ2) is 6.76. The van der Waals surface area contributed by atoms with E-state index >= 15 is 8.78 Å². The van der Waals surface area contributed by atoms with Crippen LogP contribution in [0.5, 0.6) is 0 Å². The molecule has 1 aliphatic rings. The summed E-state index contributed by atoms with van der Waals surface area (Å²) >= 11 is 0. The molecule has 1 fully saturated rings. The smallest absolute Gasteiger partial charge is 0.305 e. The van der Waals surface area contributed by atoms with E-state index < -0.39 is 41.4 Å². The number of carboxylic acid groups (broad SMARTS) is 1. The Morgan fingerprint density at radius 2 is 1.85 bits per heavy atom. The van der Waals surface area contributed by atoms with E-state index in [1.54, 1.807) is 13.0 Å². The van der Waals surface area contributed by atoms with Crippen LogP contribution in [-0.2, 0) is 4.79 Å². The molecule has 0 saturated heterocycles. The Hall–Kier alpha value is -2.34. The zero-order chi connectivity index (χ0) is 19.2. The largest absolute Gasteiger partial charge is 0.481 e. The molecule has 0 radical (unpaired) electrons. The summed E-state index contributed by atoms with van der Waals surface area (Å²) in [6, 6.07) is 2.99. The molecule has 0 amide bonds. The zero-order valence-electron chi connectivity index (χ0n) is 14.6. The predicted octanol–water partition coefficient (Wildman–Crippen LogP) is 4.74. The first-order valence-corrected chi connectivity index (χ1v) is 8.48. The maximum atomic E-state index is 15.3. The van der Waals surface area contributed by atoms with Gasteiger partial charge in [-0.15, -0.1) is 0 Å². The van der Waals surface area contributed by atoms with Crippen LogP contribution in [0.2, 0.25) is 0 Å². The highest BCUT2D eigenvalue weighted by Gasteiger charge is 2.35. The summed E-state index contributed by atoms with van der Waals surface area (Å²) in [6.45, 7) is 3.15. The highest BCUT2D eigenvalue weighted by atomic mass is 19.1. The molecule has 138 valence electrons. The van der Waals surface area contributed by atoms with Gasteiger partial charge in [-0.25, -0.2) is 13.2 Å². The fraction of sp³-hybridized carbons (Fsp3) is 0.350. The molecule has 0 bridgehead atoms. The molecule has 0 spiro atoms. The Morgan fingerprint density at radius 3 is 2.42 bits per heavy atom. The first-order valence-electron chi connectivity index (χ1n) is 8.48. The van der Waals surface area contributed by atoms with Crippen LogP contribution in [0.4, 0.5) is 13.2 Å². The van der Waals surface area contributed by atoms with Crippen molar-refractivity contribution < 1.29 is 23.1 Å². The number of hydrogen-bond acceptors (Lipinski definition) is 2. The Balaban J connectivity index is 2.32. The molecule has 0 heterocycles. The average Bonchev–Trinajstić information content (AvgIpc) is 3.35. The summed E-state index contributed by atoms with van der Waals surface area (Å²) in [7, 11) is 0. The topological polar surface area (TPSA) is 63.3 Å². The molecule has 2 aromatic rings. The van der Waals surface area contributed by atoms with Crippen LogP contribution in [0.1, 0.15) is 53.5 Å². The molecule has 26 heavy (non-hydrogen) atoms. The van der Waals surface area contributed by atoms with E-state index in [9.17, 15) is 9.18 Å². The van der Waals surface area contributed by atoms with Crippen molar-refractivity contribution in [2.24, 2.45) is 5.73 Å². The Kier molecular flexibility index (Phi) is 4.80. The van der Waals surface area contributed by atoms with Gasteiger partial charge >= 0.3 is 5.97 Å². The molecule has 0 aromatic heterocycles. The van der Waals surface area contributed by atoms with Crippen LogP contribution < -0.4 is 5.73 Å². The monoisotopic (exact) mass is 363 g/mol. The van der Waals surface area contributed by atoms with Gasteiger partial charge in [0.1, 0.15) is 17.5 Å². The average molecular weight is 363 g/mol. The van der Waals surface area contributed by atoms with Gasteiger partial charge in [0.05, 0.1) is 6.42 Å². The van der Waals surface area contributed by atoms with Gasteiger partial charge < -0.3 is 10.8 Å². The molecule has 0 unspecified atom stereocenters. The lowest BCUT2D eigenvalue weighted by Crippen LogP contribution is -2.20. The van der Waals surface area contributed by atoms with Crippen molar-refractivity contribution in [2.75, 3.05) is 0 Å². The fourth-order valence-electron chi connectivity index (χ4n) is 3.51. The third-order valence-corrected chi connectivity index (χ3v) is 5.00. The molecule has 3 N–H and O–H groups in total. The van der Waals surface area contributed by atoms with Gasteiger partial charge in [-0.05, 0) is 60.9 Å². The molecular formula is C20H20F3NO2. The van der Waals surface area contributed by atoms with E-state index in [2.05, 4.69) is 0 Å². The zero-order valence-corrected chi connectivity index (χ0v) is 14.6. The van der Waals surface area contributed by atoms with E-state index in [1.807, 2.05) is 0 Å². The van der Waals surface area contributed by atoms with Crippen molar-refractivity contribution in [3.05, 3.63) is 57.9 Å². The van der Waals surface area contributed by atoms with Gasteiger partial charge in [-0.1, -0.05) is 12.1 Å². The van der Waals surface area contributed by atoms with E-state index in [0.717, 1.165) is 12.8 Å². The Morgan fingerprint density at radius 1 is 1.19 bits per heavy atom. The SMILES string of the molecule is Cc1c(F)cccc1-c1c(C)c(C2CC2)c(F)c([C@@H](N)CC(=O)O)c1F. The number of aliphatic carboxylic acids is 1. The number of carboxylic acids is 1. The van der Waals surface area contributed by atoms with Crippen LogP contribution in [0.3, 0.4) is 0 Å². The Bertz CT molecular complexity index is 891. The lowest BCUT2D eigenvalue weighted by atomic mass is 9.86. The molecule has 0 aliphatic heterocycles. The van der Waals surface area contributed by atoms with Crippen molar-refractivity contribution in [3.63, 3.8) is 0 Å². The van der Waals surface area contributed by atoms with Gasteiger partial charge in [0, 0.05) is 17.2 Å². The summed E-state index contributed by atoms with van der Waals surface area (Å²) < 4.78 is 44.4. The second-order valence-corrected chi connectivity index (χ2v) is 6.85. The third-order valence-electron chi connectivity index (χ3n) is 5.00. The van der Waals surface area contributed by atoms with Crippen LogP contribution in [0.15, 0.2) is 18.2 Å². The first kappa shape index (κ1) is 18.5.